The topological polar surface area (TPSA) is 58.1 Å². The van der Waals surface area contributed by atoms with Crippen LogP contribution in [0.15, 0.2) is 12.1 Å². The summed E-state index contributed by atoms with van der Waals surface area (Å²) in [6, 6.07) is 3.54. The van der Waals surface area contributed by atoms with Gasteiger partial charge in [0, 0.05) is 20.6 Å². The molecule has 1 aromatic rings. The SMILES string of the molecule is CCCC1(CNc2ccc(C(=O)N(C)C)nn2)CC1. The summed E-state index contributed by atoms with van der Waals surface area (Å²) in [5.74, 6) is 0.626. The van der Waals surface area contributed by atoms with Crippen molar-refractivity contribution in [1.82, 2.24) is 15.1 Å². The number of anilines is 1. The van der Waals surface area contributed by atoms with Crippen molar-refractivity contribution in [3.05, 3.63) is 17.8 Å². The lowest BCUT2D eigenvalue weighted by atomic mass is 10.0. The molecule has 5 nitrogen and oxygen atoms in total. The van der Waals surface area contributed by atoms with E-state index in [4.69, 9.17) is 0 Å². The van der Waals surface area contributed by atoms with Gasteiger partial charge in [-0.2, -0.15) is 0 Å². The second kappa shape index (κ2) is 5.55. The van der Waals surface area contributed by atoms with Crippen LogP contribution in [-0.2, 0) is 0 Å². The van der Waals surface area contributed by atoms with Crippen molar-refractivity contribution < 1.29 is 4.79 Å². The van der Waals surface area contributed by atoms with Crippen LogP contribution in [-0.4, -0.2) is 41.6 Å². The first-order valence-corrected chi connectivity index (χ1v) is 6.85. The molecule has 1 aliphatic rings. The van der Waals surface area contributed by atoms with Gasteiger partial charge in [0.15, 0.2) is 5.69 Å². The third-order valence-corrected chi connectivity index (χ3v) is 3.67. The van der Waals surface area contributed by atoms with E-state index in [0.29, 0.717) is 11.1 Å². The van der Waals surface area contributed by atoms with Gasteiger partial charge in [-0.05, 0) is 36.8 Å². The maximum absolute atomic E-state index is 11.7. The number of carbonyl (C=O) groups excluding carboxylic acids is 1. The molecule has 1 saturated carbocycles. The summed E-state index contributed by atoms with van der Waals surface area (Å²) in [7, 11) is 3.41. The summed E-state index contributed by atoms with van der Waals surface area (Å²) in [6.45, 7) is 3.18. The fraction of sp³-hybridized carbons (Fsp3) is 0.643. The Morgan fingerprint density at radius 1 is 1.37 bits per heavy atom. The lowest BCUT2D eigenvalue weighted by Crippen LogP contribution is -2.23. The van der Waals surface area contributed by atoms with Crippen LogP contribution >= 0.6 is 0 Å². The molecule has 1 fully saturated rings. The van der Waals surface area contributed by atoms with Crippen LogP contribution in [0.5, 0.6) is 0 Å². The van der Waals surface area contributed by atoms with Crippen molar-refractivity contribution in [2.45, 2.75) is 32.6 Å². The molecule has 0 aliphatic heterocycles. The zero-order chi connectivity index (χ0) is 13.9. The van der Waals surface area contributed by atoms with Crippen LogP contribution in [0, 0.1) is 5.41 Å². The molecule has 1 aliphatic carbocycles. The van der Waals surface area contributed by atoms with E-state index in [1.165, 1.54) is 30.6 Å². The first-order valence-electron chi connectivity index (χ1n) is 6.85. The van der Waals surface area contributed by atoms with Gasteiger partial charge >= 0.3 is 0 Å². The normalized spacial score (nSPS) is 15.9. The van der Waals surface area contributed by atoms with Crippen LogP contribution in [0.25, 0.3) is 0 Å². The number of carbonyl (C=O) groups is 1. The van der Waals surface area contributed by atoms with E-state index in [1.54, 1.807) is 20.2 Å². The summed E-state index contributed by atoms with van der Waals surface area (Å²) >= 11 is 0. The molecular formula is C14H22N4O. The Hall–Kier alpha value is -1.65. The number of amides is 1. The fourth-order valence-electron chi connectivity index (χ4n) is 2.27. The van der Waals surface area contributed by atoms with Gasteiger partial charge in [0.05, 0.1) is 0 Å². The maximum Gasteiger partial charge on any atom is 0.273 e. The molecule has 1 heterocycles. The molecule has 19 heavy (non-hydrogen) atoms. The van der Waals surface area contributed by atoms with E-state index in [0.717, 1.165) is 12.4 Å². The summed E-state index contributed by atoms with van der Waals surface area (Å²) < 4.78 is 0. The van der Waals surface area contributed by atoms with E-state index < -0.39 is 0 Å². The summed E-state index contributed by atoms with van der Waals surface area (Å²) in [6.07, 6.45) is 5.10. The smallest absolute Gasteiger partial charge is 0.273 e. The average Bonchev–Trinajstić information content (AvgIpc) is 3.17. The minimum Gasteiger partial charge on any atom is -0.368 e. The van der Waals surface area contributed by atoms with Crippen LogP contribution in [0.2, 0.25) is 0 Å². The first-order chi connectivity index (χ1) is 9.06. The van der Waals surface area contributed by atoms with E-state index in [9.17, 15) is 4.79 Å². The van der Waals surface area contributed by atoms with Crippen LogP contribution in [0.3, 0.4) is 0 Å². The summed E-state index contributed by atoms with van der Waals surface area (Å²) in [4.78, 5) is 13.2. The quantitative estimate of drug-likeness (QED) is 0.853. The van der Waals surface area contributed by atoms with E-state index >= 15 is 0 Å². The number of nitrogens with one attached hydrogen (secondary N) is 1. The van der Waals surface area contributed by atoms with Crippen LogP contribution < -0.4 is 5.32 Å². The second-order valence-corrected chi connectivity index (χ2v) is 5.61. The number of rotatable bonds is 6. The Bertz CT molecular complexity index is 437. The largest absolute Gasteiger partial charge is 0.368 e. The zero-order valence-corrected chi connectivity index (χ0v) is 11.9. The second-order valence-electron chi connectivity index (χ2n) is 5.61. The molecule has 5 heteroatoms. The van der Waals surface area contributed by atoms with Crippen molar-refractivity contribution in [2.75, 3.05) is 26.0 Å². The molecule has 0 atom stereocenters. The monoisotopic (exact) mass is 262 g/mol. The number of nitrogens with zero attached hydrogens (tertiary/aromatic N) is 3. The van der Waals surface area contributed by atoms with Gasteiger partial charge in [-0.25, -0.2) is 0 Å². The average molecular weight is 262 g/mol. The number of hydrogen-bond acceptors (Lipinski definition) is 4. The molecule has 0 spiro atoms. The van der Waals surface area contributed by atoms with Crippen LogP contribution in [0.4, 0.5) is 5.82 Å². The van der Waals surface area contributed by atoms with Gasteiger partial charge in [0.25, 0.3) is 5.91 Å². The Kier molecular flexibility index (Phi) is 4.02. The van der Waals surface area contributed by atoms with Gasteiger partial charge < -0.3 is 10.2 Å². The Morgan fingerprint density at radius 3 is 2.58 bits per heavy atom. The number of hydrogen-bond donors (Lipinski definition) is 1. The van der Waals surface area contributed by atoms with Crippen molar-refractivity contribution in [3.8, 4) is 0 Å². The Morgan fingerprint density at radius 2 is 2.11 bits per heavy atom. The molecule has 1 amide bonds. The van der Waals surface area contributed by atoms with Crippen LogP contribution in [0.1, 0.15) is 43.1 Å². The molecule has 0 radical (unpaired) electrons. The Balaban J connectivity index is 1.90. The minimum atomic E-state index is -0.122. The highest BCUT2D eigenvalue weighted by molar-refractivity contribution is 5.91. The highest BCUT2D eigenvalue weighted by Gasteiger charge is 2.41. The van der Waals surface area contributed by atoms with Gasteiger partial charge in [-0.1, -0.05) is 13.3 Å². The standard InChI is InChI=1S/C14H22N4O/c1-4-7-14(8-9-14)10-15-12-6-5-11(16-17-12)13(19)18(2)3/h5-6H,4,7-10H2,1-3H3,(H,15,17). The third kappa shape index (κ3) is 3.43. The van der Waals surface area contributed by atoms with Crippen molar-refractivity contribution in [3.63, 3.8) is 0 Å². The molecular weight excluding hydrogens is 240 g/mol. The summed E-state index contributed by atoms with van der Waals surface area (Å²) in [5.41, 5.74) is 0.861. The third-order valence-electron chi connectivity index (χ3n) is 3.67. The predicted octanol–water partition coefficient (Wildman–Crippen LogP) is 2.17. The lowest BCUT2D eigenvalue weighted by Gasteiger charge is -2.15. The lowest BCUT2D eigenvalue weighted by molar-refractivity contribution is 0.0821. The van der Waals surface area contributed by atoms with Gasteiger partial charge in [0.2, 0.25) is 0 Å². The maximum atomic E-state index is 11.7. The molecule has 104 valence electrons. The molecule has 2 rings (SSSR count). The van der Waals surface area contributed by atoms with Crippen molar-refractivity contribution in [1.29, 1.82) is 0 Å². The van der Waals surface area contributed by atoms with Gasteiger partial charge in [0.1, 0.15) is 5.82 Å². The van der Waals surface area contributed by atoms with E-state index in [1.807, 2.05) is 6.07 Å². The molecule has 0 bridgehead atoms. The molecule has 0 saturated heterocycles. The van der Waals surface area contributed by atoms with Gasteiger partial charge in [-0.3, -0.25) is 4.79 Å². The molecule has 0 unspecified atom stereocenters. The molecule has 0 aromatic carbocycles. The first kappa shape index (κ1) is 13.8. The van der Waals surface area contributed by atoms with Gasteiger partial charge in [-0.15, -0.1) is 10.2 Å². The minimum absolute atomic E-state index is 0.122. The zero-order valence-electron chi connectivity index (χ0n) is 11.9. The van der Waals surface area contributed by atoms with Crippen molar-refractivity contribution >= 4 is 11.7 Å². The fourth-order valence-corrected chi connectivity index (χ4v) is 2.27. The van der Waals surface area contributed by atoms with E-state index in [2.05, 4.69) is 22.4 Å². The molecule has 1 aromatic heterocycles. The predicted molar refractivity (Wildman–Crippen MR) is 75.1 cm³/mol. The highest BCUT2D eigenvalue weighted by atomic mass is 16.2. The number of aromatic nitrogens is 2. The molecule has 1 N–H and O–H groups in total. The van der Waals surface area contributed by atoms with Crippen molar-refractivity contribution in [2.24, 2.45) is 5.41 Å². The Labute approximate surface area is 114 Å². The highest BCUT2D eigenvalue weighted by Crippen LogP contribution is 2.49. The van der Waals surface area contributed by atoms with E-state index in [-0.39, 0.29) is 5.91 Å². The summed E-state index contributed by atoms with van der Waals surface area (Å²) in [5, 5.41) is 11.4.